The predicted octanol–water partition coefficient (Wildman–Crippen LogP) is 3.11. The second-order valence-corrected chi connectivity index (χ2v) is 9.90. The van der Waals surface area contributed by atoms with Crippen LogP contribution in [-0.2, 0) is 0 Å². The van der Waals surface area contributed by atoms with Gasteiger partial charge in [0.15, 0.2) is 16.6 Å². The van der Waals surface area contributed by atoms with Gasteiger partial charge in [-0.2, -0.15) is 0 Å². The Hall–Kier alpha value is -1.84. The molecule has 0 amide bonds. The van der Waals surface area contributed by atoms with Gasteiger partial charge in [0.1, 0.15) is 4.70 Å². The molecule has 2 aromatic rings. The van der Waals surface area contributed by atoms with Gasteiger partial charge in [0.05, 0.1) is 18.2 Å². The fourth-order valence-electron chi connectivity index (χ4n) is 3.04. The number of fused-ring (bicyclic) bond motifs is 1. The molecule has 9 heteroatoms. The third kappa shape index (κ3) is 4.76. The number of dihydropyridines is 1. The quantitative estimate of drug-likeness (QED) is 0.384. The van der Waals surface area contributed by atoms with Crippen molar-refractivity contribution >= 4 is 39.3 Å². The normalized spacial score (nSPS) is 21.1. The van der Waals surface area contributed by atoms with Gasteiger partial charge in [0, 0.05) is 5.25 Å². The highest BCUT2D eigenvalue weighted by atomic mass is 32.2. The van der Waals surface area contributed by atoms with E-state index in [2.05, 4.69) is 59.4 Å². The second-order valence-electron chi connectivity index (χ2n) is 7.61. The van der Waals surface area contributed by atoms with E-state index in [4.69, 9.17) is 0 Å². The fourth-order valence-corrected chi connectivity index (χ4v) is 4.76. The number of rotatable bonds is 8. The fraction of sp³-hybridized carbons (Fsp3) is 0.526. The van der Waals surface area contributed by atoms with Gasteiger partial charge < -0.3 is 15.7 Å². The van der Waals surface area contributed by atoms with Crippen LogP contribution in [0, 0.1) is 5.92 Å². The van der Waals surface area contributed by atoms with Crippen molar-refractivity contribution in [3.05, 3.63) is 34.1 Å². The van der Waals surface area contributed by atoms with Crippen molar-refractivity contribution in [2.75, 3.05) is 11.9 Å². The molecule has 0 bridgehead atoms. The number of aliphatic hydroxyl groups excluding tert-OH is 1. The monoisotopic (exact) mass is 421 g/mol. The van der Waals surface area contributed by atoms with E-state index in [0.29, 0.717) is 27.2 Å². The van der Waals surface area contributed by atoms with Crippen LogP contribution in [0.25, 0.3) is 10.3 Å². The van der Waals surface area contributed by atoms with Crippen molar-refractivity contribution in [2.24, 2.45) is 5.92 Å². The molecule has 1 aliphatic rings. The highest BCUT2D eigenvalue weighted by molar-refractivity contribution is 7.99. The van der Waals surface area contributed by atoms with E-state index in [1.807, 2.05) is 18.4 Å². The number of aromatic amines is 1. The van der Waals surface area contributed by atoms with Gasteiger partial charge >= 0.3 is 4.87 Å². The van der Waals surface area contributed by atoms with Crippen LogP contribution < -0.4 is 15.5 Å². The number of hydrogen-bond acceptors (Lipinski definition) is 8. The maximum atomic E-state index is 11.9. The maximum absolute atomic E-state index is 11.9. The minimum Gasteiger partial charge on any atom is -0.394 e. The van der Waals surface area contributed by atoms with E-state index in [1.165, 1.54) is 0 Å². The SMILES string of the molecule is CC(C)C[C@H](CO)Nc1nc(SC(C)C2(C)C=CC=CN2)nc2[nH]c(=O)sc12. The van der Waals surface area contributed by atoms with E-state index < -0.39 is 0 Å². The number of thioether (sulfide) groups is 1. The summed E-state index contributed by atoms with van der Waals surface area (Å²) in [6.45, 7) is 8.46. The zero-order valence-corrected chi connectivity index (χ0v) is 18.2. The molecule has 3 rings (SSSR count). The third-order valence-electron chi connectivity index (χ3n) is 4.75. The Bertz CT molecular complexity index is 936. The number of nitrogens with one attached hydrogen (secondary N) is 3. The minimum atomic E-state index is -0.224. The summed E-state index contributed by atoms with van der Waals surface area (Å²) < 4.78 is 0.689. The largest absolute Gasteiger partial charge is 0.394 e. The van der Waals surface area contributed by atoms with E-state index in [1.54, 1.807) is 11.8 Å². The summed E-state index contributed by atoms with van der Waals surface area (Å²) in [6.07, 6.45) is 8.85. The first kappa shape index (κ1) is 20.9. The highest BCUT2D eigenvalue weighted by Crippen LogP contribution is 2.33. The Morgan fingerprint density at radius 2 is 2.11 bits per heavy atom. The number of allylic oxidation sites excluding steroid dienone is 2. The van der Waals surface area contributed by atoms with Gasteiger partial charge in [0.2, 0.25) is 0 Å². The predicted molar refractivity (Wildman–Crippen MR) is 117 cm³/mol. The molecule has 4 N–H and O–H groups in total. The Morgan fingerprint density at radius 3 is 2.75 bits per heavy atom. The molecule has 28 heavy (non-hydrogen) atoms. The lowest BCUT2D eigenvalue weighted by molar-refractivity contribution is 0.259. The van der Waals surface area contributed by atoms with Crippen LogP contribution in [0.15, 0.2) is 34.4 Å². The van der Waals surface area contributed by atoms with Gasteiger partial charge in [-0.05, 0) is 31.5 Å². The Kier molecular flexibility index (Phi) is 6.47. The summed E-state index contributed by atoms with van der Waals surface area (Å²) in [6, 6.07) is -0.129. The third-order valence-corrected chi connectivity index (χ3v) is 6.86. The zero-order valence-electron chi connectivity index (χ0n) is 16.5. The summed E-state index contributed by atoms with van der Waals surface area (Å²) in [4.78, 5) is 23.8. The van der Waals surface area contributed by atoms with Crippen LogP contribution >= 0.6 is 23.1 Å². The first-order chi connectivity index (χ1) is 13.3. The van der Waals surface area contributed by atoms with Crippen molar-refractivity contribution in [1.29, 1.82) is 0 Å². The zero-order chi connectivity index (χ0) is 20.3. The van der Waals surface area contributed by atoms with Gasteiger partial charge in [-0.3, -0.25) is 9.78 Å². The van der Waals surface area contributed by atoms with E-state index in [0.717, 1.165) is 17.8 Å². The van der Waals surface area contributed by atoms with Gasteiger partial charge in [-0.1, -0.05) is 56.0 Å². The molecular weight excluding hydrogens is 394 g/mol. The van der Waals surface area contributed by atoms with Gasteiger partial charge in [-0.15, -0.1) is 0 Å². The number of anilines is 1. The molecule has 1 aliphatic heterocycles. The molecule has 0 aromatic carbocycles. The van der Waals surface area contributed by atoms with Crippen LogP contribution in [0.3, 0.4) is 0 Å². The summed E-state index contributed by atoms with van der Waals surface area (Å²) in [5.74, 6) is 1.03. The van der Waals surface area contributed by atoms with Crippen molar-refractivity contribution in [1.82, 2.24) is 20.3 Å². The standard InChI is InChI=1S/C19H27N5O2S2/c1-11(2)9-13(10-25)21-15-14-16(24-18(26)28-14)23-17(22-15)27-12(3)19(4)7-5-6-8-20-19/h5-8,11-13,20,25H,9-10H2,1-4H3,(H2,21,22,23,24,26)/t12?,13-,19?/m1/s1. The first-order valence-electron chi connectivity index (χ1n) is 9.37. The second kappa shape index (κ2) is 8.67. The smallest absolute Gasteiger partial charge is 0.306 e. The lowest BCUT2D eigenvalue weighted by Gasteiger charge is -2.34. The molecule has 0 saturated heterocycles. The van der Waals surface area contributed by atoms with E-state index >= 15 is 0 Å². The molecule has 3 atom stereocenters. The van der Waals surface area contributed by atoms with Gasteiger partial charge in [-0.25, -0.2) is 9.97 Å². The van der Waals surface area contributed by atoms with E-state index in [-0.39, 0.29) is 28.3 Å². The van der Waals surface area contributed by atoms with Crippen molar-refractivity contribution in [3.8, 4) is 0 Å². The number of H-pyrrole nitrogens is 1. The number of nitrogens with zero attached hydrogens (tertiary/aromatic N) is 2. The highest BCUT2D eigenvalue weighted by Gasteiger charge is 2.30. The molecule has 0 aliphatic carbocycles. The average Bonchev–Trinajstić information content (AvgIpc) is 3.01. The topological polar surface area (TPSA) is 103 Å². The molecule has 0 fully saturated rings. The number of thiazole rings is 1. The summed E-state index contributed by atoms with van der Waals surface area (Å²) in [5, 5.41) is 17.2. The Morgan fingerprint density at radius 1 is 1.32 bits per heavy atom. The van der Waals surface area contributed by atoms with E-state index in [9.17, 15) is 9.90 Å². The molecule has 0 radical (unpaired) electrons. The van der Waals surface area contributed by atoms with Crippen molar-refractivity contribution < 1.29 is 5.11 Å². The average molecular weight is 422 g/mol. The van der Waals surface area contributed by atoms with Crippen molar-refractivity contribution in [3.63, 3.8) is 0 Å². The molecule has 152 valence electrons. The number of aliphatic hydroxyl groups is 1. The molecule has 3 heterocycles. The van der Waals surface area contributed by atoms with Crippen LogP contribution in [0.1, 0.15) is 34.1 Å². The maximum Gasteiger partial charge on any atom is 0.306 e. The minimum absolute atomic E-state index is 0.000989. The lowest BCUT2D eigenvalue weighted by atomic mass is 9.96. The summed E-state index contributed by atoms with van der Waals surface area (Å²) >= 11 is 2.63. The van der Waals surface area contributed by atoms with Gasteiger partial charge in [0.25, 0.3) is 0 Å². The molecule has 2 unspecified atom stereocenters. The number of aromatic nitrogens is 3. The summed E-state index contributed by atoms with van der Waals surface area (Å²) in [7, 11) is 0. The Labute approximate surface area is 172 Å². The molecule has 0 spiro atoms. The van der Waals surface area contributed by atoms with Crippen LogP contribution in [0.4, 0.5) is 5.82 Å². The Balaban J connectivity index is 1.90. The molecule has 2 aromatic heterocycles. The molecule has 0 saturated carbocycles. The lowest BCUT2D eigenvalue weighted by Crippen LogP contribution is -2.46. The number of hydrogen-bond donors (Lipinski definition) is 4. The first-order valence-corrected chi connectivity index (χ1v) is 11.1. The molecule has 7 nitrogen and oxygen atoms in total. The molecular formula is C19H27N5O2S2. The van der Waals surface area contributed by atoms with Crippen LogP contribution in [0.2, 0.25) is 0 Å². The van der Waals surface area contributed by atoms with Crippen molar-refractivity contribution in [2.45, 2.75) is 56.1 Å². The van der Waals surface area contributed by atoms with Crippen LogP contribution in [-0.4, -0.2) is 43.5 Å². The summed E-state index contributed by atoms with van der Waals surface area (Å²) in [5.41, 5.74) is 0.305. The van der Waals surface area contributed by atoms with Crippen LogP contribution in [0.5, 0.6) is 0 Å².